The molecule has 1 aromatic carbocycles. The Morgan fingerprint density at radius 3 is 2.80 bits per heavy atom. The molecule has 3 heteroatoms. The number of rotatable bonds is 1. The molecule has 0 saturated heterocycles. The maximum absolute atomic E-state index is 13.0. The number of halogens is 2. The van der Waals surface area contributed by atoms with Crippen molar-refractivity contribution in [2.75, 3.05) is 0 Å². The quantitative estimate of drug-likeness (QED) is 0.715. The van der Waals surface area contributed by atoms with Gasteiger partial charge in [-0.15, -0.1) is 0 Å². The molecule has 2 aromatic rings. The summed E-state index contributed by atoms with van der Waals surface area (Å²) in [6.07, 6.45) is 0.838. The topological polar surface area (TPSA) is 12.9 Å². The van der Waals surface area contributed by atoms with Crippen molar-refractivity contribution < 1.29 is 4.39 Å². The lowest BCUT2D eigenvalue weighted by atomic mass is 10.1. The van der Waals surface area contributed by atoms with Gasteiger partial charge in [-0.25, -0.2) is 4.39 Å². The van der Waals surface area contributed by atoms with Gasteiger partial charge >= 0.3 is 0 Å². The smallest absolute Gasteiger partial charge is 0.125 e. The minimum atomic E-state index is -0.283. The summed E-state index contributed by atoms with van der Waals surface area (Å²) in [5.74, 6) is -0.283. The number of benzene rings is 1. The van der Waals surface area contributed by atoms with E-state index in [9.17, 15) is 4.39 Å². The lowest BCUT2D eigenvalue weighted by Gasteiger charge is -2.08. The fraction of sp³-hybridized carbons (Fsp3) is 0.250. The van der Waals surface area contributed by atoms with Crippen LogP contribution in [0.2, 0.25) is 5.02 Å². The van der Waals surface area contributed by atoms with Crippen LogP contribution in [0.4, 0.5) is 4.39 Å². The molecule has 0 aliphatic heterocycles. The monoisotopic (exact) mass is 223 g/mol. The first-order valence-corrected chi connectivity index (χ1v) is 5.25. The molecule has 0 aliphatic carbocycles. The van der Waals surface area contributed by atoms with Gasteiger partial charge in [-0.1, -0.05) is 18.5 Å². The Balaban J connectivity index is 2.84. The van der Waals surface area contributed by atoms with Gasteiger partial charge in [-0.2, -0.15) is 0 Å². The molecule has 78 valence electrons. The molecule has 0 amide bonds. The van der Waals surface area contributed by atoms with E-state index < -0.39 is 0 Å². The van der Waals surface area contributed by atoms with Crippen LogP contribution in [-0.4, -0.2) is 4.98 Å². The maximum atomic E-state index is 13.0. The predicted octanol–water partition coefficient (Wildman–Crippen LogP) is 3.90. The van der Waals surface area contributed by atoms with Crippen molar-refractivity contribution in [3.8, 4) is 0 Å². The molecular weight excluding hydrogens is 213 g/mol. The van der Waals surface area contributed by atoms with Gasteiger partial charge in [-0.3, -0.25) is 4.98 Å². The highest BCUT2D eigenvalue weighted by Crippen LogP contribution is 2.28. The maximum Gasteiger partial charge on any atom is 0.125 e. The molecule has 0 fully saturated rings. The number of aromatic nitrogens is 1. The van der Waals surface area contributed by atoms with Crippen molar-refractivity contribution in [1.82, 2.24) is 4.98 Å². The average Bonchev–Trinajstić information content (AvgIpc) is 2.17. The van der Waals surface area contributed by atoms with Gasteiger partial charge < -0.3 is 0 Å². The molecule has 0 saturated carbocycles. The largest absolute Gasteiger partial charge is 0.253 e. The van der Waals surface area contributed by atoms with Gasteiger partial charge in [0.25, 0.3) is 0 Å². The third kappa shape index (κ3) is 1.70. The fourth-order valence-corrected chi connectivity index (χ4v) is 2.19. The summed E-state index contributed by atoms with van der Waals surface area (Å²) in [6.45, 7) is 3.93. The highest BCUT2D eigenvalue weighted by Gasteiger charge is 2.09. The van der Waals surface area contributed by atoms with Crippen LogP contribution in [0.1, 0.15) is 18.2 Å². The van der Waals surface area contributed by atoms with E-state index in [0.29, 0.717) is 10.5 Å². The molecular formula is C12H11ClFN. The highest BCUT2D eigenvalue weighted by atomic mass is 35.5. The predicted molar refractivity (Wildman–Crippen MR) is 60.8 cm³/mol. The van der Waals surface area contributed by atoms with Crippen LogP contribution in [-0.2, 0) is 6.42 Å². The third-order valence-corrected chi connectivity index (χ3v) is 2.97. The van der Waals surface area contributed by atoms with Gasteiger partial charge in [0.2, 0.25) is 0 Å². The normalized spacial score (nSPS) is 10.9. The number of fused-ring (bicyclic) bond motifs is 1. The first-order valence-electron chi connectivity index (χ1n) is 4.87. The van der Waals surface area contributed by atoms with Crippen LogP contribution in [0.25, 0.3) is 10.9 Å². The summed E-state index contributed by atoms with van der Waals surface area (Å²) in [6, 6.07) is 4.50. The van der Waals surface area contributed by atoms with Crippen LogP contribution in [0.15, 0.2) is 18.2 Å². The molecule has 0 spiro atoms. The third-order valence-electron chi connectivity index (χ3n) is 2.54. The second kappa shape index (κ2) is 3.78. The van der Waals surface area contributed by atoms with Crippen molar-refractivity contribution in [3.63, 3.8) is 0 Å². The van der Waals surface area contributed by atoms with E-state index in [-0.39, 0.29) is 5.82 Å². The second-order valence-electron chi connectivity index (χ2n) is 3.50. The lowest BCUT2D eigenvalue weighted by Crippen LogP contribution is -1.94. The van der Waals surface area contributed by atoms with E-state index in [2.05, 4.69) is 4.98 Å². The number of nitrogens with zero attached hydrogens (tertiary/aromatic N) is 1. The van der Waals surface area contributed by atoms with Crippen LogP contribution >= 0.6 is 11.6 Å². The number of hydrogen-bond acceptors (Lipinski definition) is 1. The van der Waals surface area contributed by atoms with Crippen LogP contribution in [0, 0.1) is 12.7 Å². The number of pyridine rings is 1. The van der Waals surface area contributed by atoms with E-state index in [1.807, 2.05) is 13.8 Å². The molecule has 0 radical (unpaired) electrons. The van der Waals surface area contributed by atoms with Gasteiger partial charge in [0, 0.05) is 17.1 Å². The molecule has 1 nitrogen and oxygen atoms in total. The van der Waals surface area contributed by atoms with Crippen molar-refractivity contribution in [2.24, 2.45) is 0 Å². The molecule has 0 atom stereocenters. The zero-order valence-electron chi connectivity index (χ0n) is 8.64. The number of hydrogen-bond donors (Lipinski definition) is 0. The minimum absolute atomic E-state index is 0.283. The Morgan fingerprint density at radius 1 is 1.40 bits per heavy atom. The van der Waals surface area contributed by atoms with Gasteiger partial charge in [0.05, 0.1) is 10.5 Å². The SMILES string of the molecule is CCc1c(C)nc2cc(F)ccc2c1Cl. The zero-order chi connectivity index (χ0) is 11.0. The Labute approximate surface area is 92.9 Å². The van der Waals surface area contributed by atoms with E-state index in [4.69, 9.17) is 11.6 Å². The standard InChI is InChI=1S/C12H11ClFN/c1-3-9-7(2)15-11-6-8(14)4-5-10(11)12(9)13/h4-6H,3H2,1-2H3. The summed E-state index contributed by atoms with van der Waals surface area (Å²) in [7, 11) is 0. The Morgan fingerprint density at radius 2 is 2.13 bits per heavy atom. The molecule has 0 unspecified atom stereocenters. The van der Waals surface area contributed by atoms with Gasteiger partial charge in [-0.05, 0) is 31.0 Å². The van der Waals surface area contributed by atoms with E-state index in [1.54, 1.807) is 6.07 Å². The first kappa shape index (κ1) is 10.4. The summed E-state index contributed by atoms with van der Waals surface area (Å²) < 4.78 is 13.0. The average molecular weight is 224 g/mol. The molecule has 0 bridgehead atoms. The lowest BCUT2D eigenvalue weighted by molar-refractivity contribution is 0.629. The summed E-state index contributed by atoms with van der Waals surface area (Å²) in [5, 5.41) is 1.51. The zero-order valence-corrected chi connectivity index (χ0v) is 9.40. The Bertz CT molecular complexity index is 523. The molecule has 0 aliphatic rings. The van der Waals surface area contributed by atoms with Crippen molar-refractivity contribution >= 4 is 22.5 Å². The second-order valence-corrected chi connectivity index (χ2v) is 3.88. The molecule has 2 rings (SSSR count). The summed E-state index contributed by atoms with van der Waals surface area (Å²) in [5.41, 5.74) is 2.53. The number of aryl methyl sites for hydroxylation is 1. The summed E-state index contributed by atoms with van der Waals surface area (Å²) >= 11 is 6.24. The van der Waals surface area contributed by atoms with Crippen LogP contribution in [0.5, 0.6) is 0 Å². The Hall–Kier alpha value is -1.15. The van der Waals surface area contributed by atoms with E-state index >= 15 is 0 Å². The van der Waals surface area contributed by atoms with Crippen molar-refractivity contribution in [1.29, 1.82) is 0 Å². The van der Waals surface area contributed by atoms with Crippen molar-refractivity contribution in [3.05, 3.63) is 40.3 Å². The van der Waals surface area contributed by atoms with Crippen LogP contribution < -0.4 is 0 Å². The Kier molecular flexibility index (Phi) is 2.61. The highest BCUT2D eigenvalue weighted by molar-refractivity contribution is 6.36. The first-order chi connectivity index (χ1) is 7.13. The van der Waals surface area contributed by atoms with Crippen LogP contribution in [0.3, 0.4) is 0 Å². The molecule has 15 heavy (non-hydrogen) atoms. The minimum Gasteiger partial charge on any atom is -0.253 e. The van der Waals surface area contributed by atoms with E-state index in [0.717, 1.165) is 23.1 Å². The molecule has 1 heterocycles. The molecule has 0 N–H and O–H groups in total. The van der Waals surface area contributed by atoms with Gasteiger partial charge in [0.1, 0.15) is 5.82 Å². The van der Waals surface area contributed by atoms with Crippen molar-refractivity contribution in [2.45, 2.75) is 20.3 Å². The van der Waals surface area contributed by atoms with Gasteiger partial charge in [0.15, 0.2) is 0 Å². The fourth-order valence-electron chi connectivity index (χ4n) is 1.76. The van der Waals surface area contributed by atoms with E-state index in [1.165, 1.54) is 12.1 Å². The molecule has 1 aromatic heterocycles. The summed E-state index contributed by atoms with van der Waals surface area (Å²) in [4.78, 5) is 4.34.